The van der Waals surface area contributed by atoms with Crippen molar-refractivity contribution < 1.29 is 4.79 Å². The summed E-state index contributed by atoms with van der Waals surface area (Å²) in [4.78, 5) is 13.2. The van der Waals surface area contributed by atoms with Crippen molar-refractivity contribution in [2.24, 2.45) is 5.92 Å². The van der Waals surface area contributed by atoms with E-state index in [9.17, 15) is 4.79 Å². The van der Waals surface area contributed by atoms with E-state index in [1.165, 1.54) is 43.4 Å². The van der Waals surface area contributed by atoms with E-state index in [1.54, 1.807) is 0 Å². The monoisotopic (exact) mass is 302 g/mol. The molecule has 21 heavy (non-hydrogen) atoms. The number of benzene rings is 1. The van der Waals surface area contributed by atoms with Crippen LogP contribution in [0.25, 0.3) is 10.1 Å². The Kier molecular flexibility index (Phi) is 4.15. The maximum Gasteiger partial charge on any atom is 0.261 e. The average Bonchev–Trinajstić information content (AvgIpc) is 2.91. The van der Waals surface area contributed by atoms with E-state index in [2.05, 4.69) is 12.2 Å². The Hall–Kier alpha value is -1.55. The lowest BCUT2D eigenvalue weighted by atomic mass is 9.84. The summed E-state index contributed by atoms with van der Waals surface area (Å²) in [5, 5.41) is 4.23. The van der Waals surface area contributed by atoms with Gasteiger partial charge in [-0.15, -0.1) is 11.3 Å². The topological polar surface area (TPSA) is 55.1 Å². The molecule has 3 rings (SSSR count). The van der Waals surface area contributed by atoms with Crippen LogP contribution in [0, 0.1) is 5.92 Å². The van der Waals surface area contributed by atoms with Gasteiger partial charge in [-0.1, -0.05) is 19.3 Å². The first-order valence-electron chi connectivity index (χ1n) is 7.73. The summed E-state index contributed by atoms with van der Waals surface area (Å²) in [5.41, 5.74) is 6.53. The SMILES string of the molecule is CC(NC(=O)c1cc2cc(N)ccc2s1)C1CCCCC1. The highest BCUT2D eigenvalue weighted by Crippen LogP contribution is 2.29. The van der Waals surface area contributed by atoms with Gasteiger partial charge >= 0.3 is 0 Å². The quantitative estimate of drug-likeness (QED) is 0.836. The Labute approximate surface area is 129 Å². The van der Waals surface area contributed by atoms with Crippen molar-refractivity contribution >= 4 is 33.0 Å². The van der Waals surface area contributed by atoms with Crippen molar-refractivity contribution in [3.05, 3.63) is 29.1 Å². The van der Waals surface area contributed by atoms with Crippen molar-refractivity contribution in [3.8, 4) is 0 Å². The van der Waals surface area contributed by atoms with E-state index in [0.717, 1.165) is 20.7 Å². The van der Waals surface area contributed by atoms with Crippen LogP contribution >= 0.6 is 11.3 Å². The molecule has 112 valence electrons. The Bertz CT molecular complexity index is 643. The van der Waals surface area contributed by atoms with Crippen LogP contribution in [0.2, 0.25) is 0 Å². The maximum atomic E-state index is 12.4. The number of nitrogens with two attached hydrogens (primary N) is 1. The Morgan fingerprint density at radius 2 is 2.05 bits per heavy atom. The molecule has 3 nitrogen and oxygen atoms in total. The van der Waals surface area contributed by atoms with Crippen LogP contribution in [0.1, 0.15) is 48.7 Å². The van der Waals surface area contributed by atoms with Gasteiger partial charge in [-0.25, -0.2) is 0 Å². The summed E-state index contributed by atoms with van der Waals surface area (Å²) in [6.45, 7) is 2.14. The second kappa shape index (κ2) is 6.06. The fraction of sp³-hybridized carbons (Fsp3) is 0.471. The van der Waals surface area contributed by atoms with Gasteiger partial charge in [0.15, 0.2) is 0 Å². The number of nitrogen functional groups attached to an aromatic ring is 1. The third-order valence-electron chi connectivity index (χ3n) is 4.48. The lowest BCUT2D eigenvalue weighted by Crippen LogP contribution is -2.38. The van der Waals surface area contributed by atoms with E-state index < -0.39 is 0 Å². The second-order valence-corrected chi connectivity index (χ2v) is 7.15. The fourth-order valence-electron chi connectivity index (χ4n) is 3.20. The zero-order valence-corrected chi connectivity index (χ0v) is 13.2. The van der Waals surface area contributed by atoms with E-state index in [4.69, 9.17) is 5.73 Å². The minimum Gasteiger partial charge on any atom is -0.399 e. The van der Waals surface area contributed by atoms with E-state index in [-0.39, 0.29) is 11.9 Å². The largest absolute Gasteiger partial charge is 0.399 e. The van der Waals surface area contributed by atoms with Crippen LogP contribution in [-0.2, 0) is 0 Å². The van der Waals surface area contributed by atoms with Gasteiger partial charge < -0.3 is 11.1 Å². The third-order valence-corrected chi connectivity index (χ3v) is 5.59. The molecule has 1 atom stereocenters. The number of fused-ring (bicyclic) bond motifs is 1. The van der Waals surface area contributed by atoms with E-state index in [0.29, 0.717) is 5.92 Å². The Morgan fingerprint density at radius 3 is 2.81 bits per heavy atom. The van der Waals surface area contributed by atoms with Crippen LogP contribution in [0.5, 0.6) is 0 Å². The van der Waals surface area contributed by atoms with Gasteiger partial charge in [0.1, 0.15) is 0 Å². The van der Waals surface area contributed by atoms with Crippen LogP contribution in [-0.4, -0.2) is 11.9 Å². The first kappa shape index (κ1) is 14.4. The number of amides is 1. The van der Waals surface area contributed by atoms with Gasteiger partial charge in [-0.2, -0.15) is 0 Å². The second-order valence-electron chi connectivity index (χ2n) is 6.07. The molecule has 2 aromatic rings. The number of hydrogen-bond donors (Lipinski definition) is 2. The van der Waals surface area contributed by atoms with Crippen LogP contribution in [0.3, 0.4) is 0 Å². The lowest BCUT2D eigenvalue weighted by Gasteiger charge is -2.28. The number of hydrogen-bond acceptors (Lipinski definition) is 3. The summed E-state index contributed by atoms with van der Waals surface area (Å²) >= 11 is 1.54. The summed E-state index contributed by atoms with van der Waals surface area (Å²) in [6.07, 6.45) is 6.42. The molecule has 1 saturated carbocycles. The van der Waals surface area contributed by atoms with Crippen molar-refractivity contribution in [2.45, 2.75) is 45.1 Å². The predicted octanol–water partition coefficient (Wildman–Crippen LogP) is 4.18. The van der Waals surface area contributed by atoms with Crippen LogP contribution in [0.4, 0.5) is 5.69 Å². The van der Waals surface area contributed by atoms with Gasteiger partial charge in [0, 0.05) is 16.4 Å². The predicted molar refractivity (Wildman–Crippen MR) is 89.7 cm³/mol. The molecule has 1 aromatic carbocycles. The molecule has 1 aliphatic carbocycles. The molecule has 0 aliphatic heterocycles. The molecular weight excluding hydrogens is 280 g/mol. The smallest absolute Gasteiger partial charge is 0.261 e. The number of thiophene rings is 1. The Morgan fingerprint density at radius 1 is 1.29 bits per heavy atom. The normalized spacial score (nSPS) is 17.8. The highest BCUT2D eigenvalue weighted by molar-refractivity contribution is 7.20. The number of rotatable bonds is 3. The molecule has 4 heteroatoms. The summed E-state index contributed by atoms with van der Waals surface area (Å²) in [7, 11) is 0. The van der Waals surface area contributed by atoms with Crippen molar-refractivity contribution in [2.75, 3.05) is 5.73 Å². The fourth-order valence-corrected chi connectivity index (χ4v) is 4.15. The third kappa shape index (κ3) is 3.21. The van der Waals surface area contributed by atoms with Gasteiger partial charge in [-0.05, 0) is 55.3 Å². The zero-order chi connectivity index (χ0) is 14.8. The van der Waals surface area contributed by atoms with Gasteiger partial charge in [-0.3, -0.25) is 4.79 Å². The standard InChI is InChI=1S/C17H22N2OS/c1-11(12-5-3-2-4-6-12)19-17(20)16-10-13-9-14(18)7-8-15(13)21-16/h7-12H,2-6,18H2,1H3,(H,19,20). The van der Waals surface area contributed by atoms with E-state index >= 15 is 0 Å². The lowest BCUT2D eigenvalue weighted by molar-refractivity contribution is 0.0923. The maximum absolute atomic E-state index is 12.4. The Balaban J connectivity index is 1.71. The summed E-state index contributed by atoms with van der Waals surface area (Å²) < 4.78 is 1.11. The molecule has 1 aromatic heterocycles. The van der Waals surface area contributed by atoms with Crippen LogP contribution in [0.15, 0.2) is 24.3 Å². The minimum atomic E-state index is 0.0489. The van der Waals surface area contributed by atoms with Crippen molar-refractivity contribution in [1.29, 1.82) is 0 Å². The molecule has 0 bridgehead atoms. The summed E-state index contributed by atoms with van der Waals surface area (Å²) in [5.74, 6) is 0.681. The molecule has 1 amide bonds. The number of carbonyl (C=O) groups excluding carboxylic acids is 1. The molecule has 1 aliphatic rings. The average molecular weight is 302 g/mol. The highest BCUT2D eigenvalue weighted by Gasteiger charge is 2.22. The number of carbonyl (C=O) groups is 1. The van der Waals surface area contributed by atoms with Gasteiger partial charge in [0.25, 0.3) is 5.91 Å². The summed E-state index contributed by atoms with van der Waals surface area (Å²) in [6, 6.07) is 7.99. The number of anilines is 1. The van der Waals surface area contributed by atoms with Crippen LogP contribution < -0.4 is 11.1 Å². The molecule has 3 N–H and O–H groups in total. The minimum absolute atomic E-state index is 0.0489. The zero-order valence-electron chi connectivity index (χ0n) is 12.4. The van der Waals surface area contributed by atoms with Gasteiger partial charge in [0.2, 0.25) is 0 Å². The molecule has 1 fully saturated rings. The van der Waals surface area contributed by atoms with Gasteiger partial charge in [0.05, 0.1) is 4.88 Å². The molecule has 0 spiro atoms. The van der Waals surface area contributed by atoms with E-state index in [1.807, 2.05) is 24.3 Å². The first-order chi connectivity index (χ1) is 10.1. The molecular formula is C17H22N2OS. The molecule has 1 heterocycles. The van der Waals surface area contributed by atoms with Crippen molar-refractivity contribution in [3.63, 3.8) is 0 Å². The molecule has 0 radical (unpaired) electrons. The molecule has 1 unspecified atom stereocenters. The first-order valence-corrected chi connectivity index (χ1v) is 8.55. The van der Waals surface area contributed by atoms with Crippen molar-refractivity contribution in [1.82, 2.24) is 5.32 Å². The highest BCUT2D eigenvalue weighted by atomic mass is 32.1. The molecule has 0 saturated heterocycles. The number of nitrogens with one attached hydrogen (secondary N) is 1.